The average Bonchev–Trinajstić information content (AvgIpc) is 2.45. The molecule has 130 valence electrons. The molecule has 0 atom stereocenters. The fourth-order valence-electron chi connectivity index (χ4n) is 1.73. The van der Waals surface area contributed by atoms with E-state index in [-0.39, 0.29) is 0 Å². The van der Waals surface area contributed by atoms with Gasteiger partial charge in [-0.25, -0.2) is 0 Å². The van der Waals surface area contributed by atoms with E-state index in [0.717, 1.165) is 18.4 Å². The highest BCUT2D eigenvalue weighted by Gasteiger charge is 2.18. The second-order valence-corrected chi connectivity index (χ2v) is 7.38. The lowest BCUT2D eigenvalue weighted by atomic mass is 10.1. The lowest BCUT2D eigenvalue weighted by Crippen LogP contribution is -1.92. The van der Waals surface area contributed by atoms with Gasteiger partial charge in [0.1, 0.15) is 0 Å². The van der Waals surface area contributed by atoms with Crippen LogP contribution in [0.1, 0.15) is 54.4 Å². The highest BCUT2D eigenvalue weighted by molar-refractivity contribution is 7.57. The fraction of sp³-hybridized carbons (Fsp3) is 0.526. The number of allylic oxidation sites excluding steroid dienone is 7. The van der Waals surface area contributed by atoms with E-state index in [1.54, 1.807) is 13.8 Å². The van der Waals surface area contributed by atoms with Gasteiger partial charge in [-0.3, -0.25) is 4.57 Å². The summed E-state index contributed by atoms with van der Waals surface area (Å²) >= 11 is 0. The molecular formula is C19H31O3P. The Bertz CT molecular complexity index is 533. The number of rotatable bonds is 10. The maximum atomic E-state index is 12.3. The van der Waals surface area contributed by atoms with Crippen LogP contribution in [0.15, 0.2) is 52.6 Å². The monoisotopic (exact) mass is 338 g/mol. The minimum atomic E-state index is -3.16. The summed E-state index contributed by atoms with van der Waals surface area (Å²) in [4.78, 5) is 0. The molecule has 23 heavy (non-hydrogen) atoms. The van der Waals surface area contributed by atoms with Gasteiger partial charge in [0.25, 0.3) is 0 Å². The minimum absolute atomic E-state index is 0.345. The molecule has 0 radical (unpaired) electrons. The van der Waals surface area contributed by atoms with Crippen LogP contribution in [-0.4, -0.2) is 13.2 Å². The minimum Gasteiger partial charge on any atom is -0.305 e. The van der Waals surface area contributed by atoms with Gasteiger partial charge in [0, 0.05) is 0 Å². The molecule has 0 saturated heterocycles. The first-order chi connectivity index (χ1) is 10.8. The lowest BCUT2D eigenvalue weighted by Gasteiger charge is -2.11. The third-order valence-corrected chi connectivity index (χ3v) is 4.57. The van der Waals surface area contributed by atoms with Gasteiger partial charge in [-0.1, -0.05) is 35.5 Å². The molecular weight excluding hydrogens is 307 g/mol. The van der Waals surface area contributed by atoms with Crippen LogP contribution in [-0.2, 0) is 13.6 Å². The summed E-state index contributed by atoms with van der Waals surface area (Å²) < 4.78 is 22.6. The van der Waals surface area contributed by atoms with E-state index in [4.69, 9.17) is 9.05 Å². The first-order valence-corrected chi connectivity index (χ1v) is 9.74. The van der Waals surface area contributed by atoms with Crippen molar-refractivity contribution >= 4 is 7.60 Å². The predicted octanol–water partition coefficient (Wildman–Crippen LogP) is 6.56. The molecule has 4 heteroatoms. The van der Waals surface area contributed by atoms with E-state index < -0.39 is 7.60 Å². The van der Waals surface area contributed by atoms with Crippen LogP contribution >= 0.6 is 7.60 Å². The Kier molecular flexibility index (Phi) is 11.7. The maximum Gasteiger partial charge on any atom is 0.361 e. The summed E-state index contributed by atoms with van der Waals surface area (Å²) in [5.74, 6) is 1.41. The van der Waals surface area contributed by atoms with Gasteiger partial charge in [0.2, 0.25) is 0 Å². The summed E-state index contributed by atoms with van der Waals surface area (Å²) in [5.41, 5.74) is 6.53. The van der Waals surface area contributed by atoms with Crippen molar-refractivity contribution in [2.45, 2.75) is 54.4 Å². The second kappa shape index (κ2) is 12.3. The topological polar surface area (TPSA) is 35.5 Å². The molecule has 0 saturated carbocycles. The van der Waals surface area contributed by atoms with Crippen molar-refractivity contribution in [3.8, 4) is 0 Å². The van der Waals surface area contributed by atoms with E-state index in [9.17, 15) is 4.57 Å². The molecule has 0 aromatic rings. The summed E-state index contributed by atoms with van der Waals surface area (Å²) in [5, 5.41) is 0. The quantitative estimate of drug-likeness (QED) is 0.196. The lowest BCUT2D eigenvalue weighted by molar-refractivity contribution is 0.229. The van der Waals surface area contributed by atoms with Gasteiger partial charge in [0.15, 0.2) is 0 Å². The molecule has 0 spiro atoms. The fourth-order valence-corrected chi connectivity index (χ4v) is 3.03. The molecule has 0 aliphatic carbocycles. The van der Waals surface area contributed by atoms with Crippen molar-refractivity contribution in [3.05, 3.63) is 52.6 Å². The van der Waals surface area contributed by atoms with Crippen molar-refractivity contribution in [1.82, 2.24) is 0 Å². The van der Waals surface area contributed by atoms with E-state index in [1.807, 2.05) is 19.1 Å². The Hall–Kier alpha value is -1.11. The predicted molar refractivity (Wildman–Crippen MR) is 99.7 cm³/mol. The maximum absolute atomic E-state index is 12.3. The Labute approximate surface area is 142 Å². The first-order valence-electron chi connectivity index (χ1n) is 8.13. The molecule has 0 unspecified atom stereocenters. The summed E-state index contributed by atoms with van der Waals surface area (Å²) in [6.45, 7) is 12.5. The molecule has 0 aromatic heterocycles. The molecule has 0 fully saturated rings. The zero-order chi connectivity index (χ0) is 17.7. The third kappa shape index (κ3) is 12.0. The Balaban J connectivity index is 4.77. The van der Waals surface area contributed by atoms with Crippen LogP contribution in [0.4, 0.5) is 0 Å². The van der Waals surface area contributed by atoms with Gasteiger partial charge >= 0.3 is 7.60 Å². The van der Waals surface area contributed by atoms with Crippen LogP contribution in [0.3, 0.4) is 0 Å². The van der Waals surface area contributed by atoms with E-state index in [2.05, 4.69) is 38.7 Å². The summed E-state index contributed by atoms with van der Waals surface area (Å²) in [6, 6.07) is 0. The van der Waals surface area contributed by atoms with Gasteiger partial charge < -0.3 is 9.05 Å². The Morgan fingerprint density at radius 1 is 1.09 bits per heavy atom. The average molecular weight is 338 g/mol. The van der Waals surface area contributed by atoms with Gasteiger partial charge in [-0.05, 0) is 60.0 Å². The standard InChI is InChI=1S/C19H31O3P/c1-7-21-23(20,22-8-2)16-15-19(6)14-10-13-18(5)12-9-11-17(3)4/h10-11,13-14,16H,7-9,12H2,1-6H3/b14-10+,18-13+. The molecule has 0 bridgehead atoms. The summed E-state index contributed by atoms with van der Waals surface area (Å²) in [7, 11) is -3.16. The van der Waals surface area contributed by atoms with Crippen LogP contribution in [0.5, 0.6) is 0 Å². The van der Waals surface area contributed by atoms with Crippen molar-refractivity contribution in [3.63, 3.8) is 0 Å². The molecule has 0 amide bonds. The van der Waals surface area contributed by atoms with Crippen LogP contribution in [0, 0.1) is 0 Å². The summed E-state index contributed by atoms with van der Waals surface area (Å²) in [6.07, 6.45) is 10.4. The smallest absolute Gasteiger partial charge is 0.305 e. The Morgan fingerprint density at radius 2 is 1.70 bits per heavy atom. The Morgan fingerprint density at radius 3 is 2.22 bits per heavy atom. The molecule has 0 rings (SSSR count). The SMILES string of the molecule is CCOP(=O)(C=C=C(C)/C=C/C=C(\C)CCC=C(C)C)OCC. The van der Waals surface area contributed by atoms with E-state index in [0.29, 0.717) is 13.2 Å². The zero-order valence-corrected chi connectivity index (χ0v) is 16.3. The van der Waals surface area contributed by atoms with Crippen molar-refractivity contribution in [2.24, 2.45) is 0 Å². The van der Waals surface area contributed by atoms with Gasteiger partial charge in [-0.15, -0.1) is 5.73 Å². The highest BCUT2D eigenvalue weighted by Crippen LogP contribution is 2.49. The molecule has 0 aliphatic heterocycles. The van der Waals surface area contributed by atoms with E-state index >= 15 is 0 Å². The molecule has 3 nitrogen and oxygen atoms in total. The van der Waals surface area contributed by atoms with Crippen molar-refractivity contribution < 1.29 is 13.6 Å². The largest absolute Gasteiger partial charge is 0.361 e. The molecule has 0 aromatic carbocycles. The van der Waals surface area contributed by atoms with Crippen molar-refractivity contribution in [1.29, 1.82) is 0 Å². The van der Waals surface area contributed by atoms with Crippen molar-refractivity contribution in [2.75, 3.05) is 13.2 Å². The zero-order valence-electron chi connectivity index (χ0n) is 15.4. The first kappa shape index (κ1) is 21.9. The van der Waals surface area contributed by atoms with Crippen LogP contribution in [0.2, 0.25) is 0 Å². The highest BCUT2D eigenvalue weighted by atomic mass is 31.2. The van der Waals surface area contributed by atoms with E-state index in [1.165, 1.54) is 17.0 Å². The number of hydrogen-bond acceptors (Lipinski definition) is 3. The van der Waals surface area contributed by atoms with Crippen LogP contribution in [0.25, 0.3) is 0 Å². The number of hydrogen-bond donors (Lipinski definition) is 0. The second-order valence-electron chi connectivity index (χ2n) is 5.52. The normalized spacial score (nSPS) is 12.2. The third-order valence-electron chi connectivity index (χ3n) is 2.89. The van der Waals surface area contributed by atoms with Gasteiger partial charge in [0.05, 0.1) is 19.0 Å². The molecule has 0 heterocycles. The molecule has 0 N–H and O–H groups in total. The van der Waals surface area contributed by atoms with Crippen LogP contribution < -0.4 is 0 Å². The molecule has 0 aliphatic rings. The van der Waals surface area contributed by atoms with Gasteiger partial charge in [-0.2, -0.15) is 0 Å².